The molecule has 35 heavy (non-hydrogen) atoms. The van der Waals surface area contributed by atoms with E-state index in [0.717, 1.165) is 21.6 Å². The molecule has 1 heterocycles. The molecule has 0 saturated heterocycles. The highest BCUT2D eigenvalue weighted by molar-refractivity contribution is 7.19. The van der Waals surface area contributed by atoms with E-state index in [1.54, 1.807) is 18.2 Å². The fourth-order valence-corrected chi connectivity index (χ4v) is 4.43. The van der Waals surface area contributed by atoms with Crippen molar-refractivity contribution in [3.8, 4) is 21.7 Å². The molecule has 4 rings (SSSR count). The summed E-state index contributed by atoms with van der Waals surface area (Å²) in [7, 11) is 0. The van der Waals surface area contributed by atoms with E-state index in [0.29, 0.717) is 15.8 Å². The molecule has 3 aromatic carbocycles. The Morgan fingerprint density at radius 2 is 1.74 bits per heavy atom. The van der Waals surface area contributed by atoms with Crippen molar-refractivity contribution in [1.29, 1.82) is 0 Å². The molecule has 0 bridgehead atoms. The minimum Gasteiger partial charge on any atom is -0.477 e. The van der Waals surface area contributed by atoms with E-state index >= 15 is 0 Å². The van der Waals surface area contributed by atoms with Gasteiger partial charge in [0.2, 0.25) is 5.13 Å². The summed E-state index contributed by atoms with van der Waals surface area (Å²) in [4.78, 5) is 28.1. The Balaban J connectivity index is 1.69. The van der Waals surface area contributed by atoms with Crippen molar-refractivity contribution in [2.75, 3.05) is 5.43 Å². The number of benzene rings is 3. The monoisotopic (exact) mass is 506 g/mol. The summed E-state index contributed by atoms with van der Waals surface area (Å²) in [5.41, 5.74) is 6.17. The fourth-order valence-electron chi connectivity index (χ4n) is 3.37. The van der Waals surface area contributed by atoms with Crippen molar-refractivity contribution in [2.24, 2.45) is 5.10 Å². The number of carbonyl (C=O) groups is 1. The van der Waals surface area contributed by atoms with Gasteiger partial charge in [-0.3, -0.25) is 15.5 Å². The van der Waals surface area contributed by atoms with Crippen molar-refractivity contribution in [2.45, 2.75) is 13.3 Å². The standard InChI is InChI=1S/C25H19ClN4O4S/c1-15-6-8-16(9-7-15)22-23(17-10-12-19(26)13-11-17)35-25(27-22)29-28-20(24(31)32)14-18-4-2-3-5-21(18)30(33)34/h2-13H,14H2,1H3,(H,27,29)(H,31,32). The molecule has 0 fully saturated rings. The number of nitrogens with zero attached hydrogens (tertiary/aromatic N) is 3. The molecule has 0 aliphatic heterocycles. The number of anilines is 1. The van der Waals surface area contributed by atoms with Gasteiger partial charge < -0.3 is 5.11 Å². The summed E-state index contributed by atoms with van der Waals surface area (Å²) in [6.07, 6.45) is -0.222. The summed E-state index contributed by atoms with van der Waals surface area (Å²) in [5, 5.41) is 26.0. The zero-order chi connectivity index (χ0) is 24.9. The minimum atomic E-state index is -1.29. The average Bonchev–Trinajstić information content (AvgIpc) is 3.27. The molecule has 176 valence electrons. The Morgan fingerprint density at radius 3 is 2.40 bits per heavy atom. The normalized spacial score (nSPS) is 11.3. The number of nitrogens with one attached hydrogen (secondary N) is 1. The van der Waals surface area contributed by atoms with E-state index in [4.69, 9.17) is 11.6 Å². The van der Waals surface area contributed by atoms with Crippen LogP contribution < -0.4 is 5.43 Å². The van der Waals surface area contributed by atoms with Crippen molar-refractivity contribution < 1.29 is 14.8 Å². The average molecular weight is 507 g/mol. The van der Waals surface area contributed by atoms with Gasteiger partial charge in [-0.2, -0.15) is 5.10 Å². The van der Waals surface area contributed by atoms with Crippen LogP contribution in [0.15, 0.2) is 77.9 Å². The number of hydrogen-bond acceptors (Lipinski definition) is 7. The maximum Gasteiger partial charge on any atom is 0.352 e. The summed E-state index contributed by atoms with van der Waals surface area (Å²) in [6.45, 7) is 2.00. The summed E-state index contributed by atoms with van der Waals surface area (Å²) in [6, 6.07) is 21.2. The zero-order valence-corrected chi connectivity index (χ0v) is 20.0. The molecule has 0 unspecified atom stereocenters. The van der Waals surface area contributed by atoms with Gasteiger partial charge in [0, 0.05) is 28.6 Å². The molecule has 2 N–H and O–H groups in total. The van der Waals surface area contributed by atoms with E-state index in [9.17, 15) is 20.0 Å². The van der Waals surface area contributed by atoms with Crippen LogP contribution in [0.4, 0.5) is 10.8 Å². The van der Waals surface area contributed by atoms with Gasteiger partial charge >= 0.3 is 5.97 Å². The second-order valence-electron chi connectivity index (χ2n) is 7.61. The molecule has 0 spiro atoms. The Labute approximate surface area is 209 Å². The lowest BCUT2D eigenvalue weighted by Gasteiger charge is -2.04. The van der Waals surface area contributed by atoms with Crippen LogP contribution in [0.25, 0.3) is 21.7 Å². The maximum absolute atomic E-state index is 11.8. The summed E-state index contributed by atoms with van der Waals surface area (Å²) in [5.74, 6) is -1.29. The highest BCUT2D eigenvalue weighted by Gasteiger charge is 2.20. The number of carboxylic acids is 1. The predicted molar refractivity (Wildman–Crippen MR) is 138 cm³/mol. The van der Waals surface area contributed by atoms with Crippen molar-refractivity contribution >= 4 is 45.4 Å². The smallest absolute Gasteiger partial charge is 0.352 e. The summed E-state index contributed by atoms with van der Waals surface area (Å²) < 4.78 is 0. The number of aromatic nitrogens is 1. The van der Waals surface area contributed by atoms with E-state index < -0.39 is 10.9 Å². The molecule has 4 aromatic rings. The van der Waals surface area contributed by atoms with E-state index in [-0.39, 0.29) is 23.4 Å². The van der Waals surface area contributed by atoms with Crippen LogP contribution in [0.5, 0.6) is 0 Å². The van der Waals surface area contributed by atoms with Crippen LogP contribution in [0.1, 0.15) is 11.1 Å². The topological polar surface area (TPSA) is 118 Å². The third kappa shape index (κ3) is 5.71. The third-order valence-electron chi connectivity index (χ3n) is 5.14. The SMILES string of the molecule is Cc1ccc(-c2nc(NN=C(Cc3ccccc3[N+](=O)[O-])C(=O)O)sc2-c2ccc(Cl)cc2)cc1. The van der Waals surface area contributed by atoms with Crippen LogP contribution >= 0.6 is 22.9 Å². The highest BCUT2D eigenvalue weighted by Crippen LogP contribution is 2.39. The number of thiazole rings is 1. The van der Waals surface area contributed by atoms with Gasteiger partial charge in [0.15, 0.2) is 0 Å². The van der Waals surface area contributed by atoms with E-state index in [1.807, 2.05) is 43.3 Å². The fraction of sp³-hybridized carbons (Fsp3) is 0.0800. The predicted octanol–water partition coefficient (Wildman–Crippen LogP) is 6.44. The Morgan fingerprint density at radius 1 is 1.09 bits per heavy atom. The number of hydrogen-bond donors (Lipinski definition) is 2. The lowest BCUT2D eigenvalue weighted by Crippen LogP contribution is -2.18. The molecule has 10 heteroatoms. The number of para-hydroxylation sites is 1. The Hall–Kier alpha value is -4.08. The molecule has 0 aliphatic rings. The van der Waals surface area contributed by atoms with E-state index in [2.05, 4.69) is 15.5 Å². The third-order valence-corrected chi connectivity index (χ3v) is 6.40. The van der Waals surface area contributed by atoms with Gasteiger partial charge in [0.1, 0.15) is 5.71 Å². The van der Waals surface area contributed by atoms with Crippen LogP contribution in [-0.4, -0.2) is 26.7 Å². The molecule has 0 radical (unpaired) electrons. The lowest BCUT2D eigenvalue weighted by molar-refractivity contribution is -0.385. The van der Waals surface area contributed by atoms with Gasteiger partial charge in [-0.15, -0.1) is 0 Å². The van der Waals surface area contributed by atoms with Gasteiger partial charge in [0.25, 0.3) is 5.69 Å². The molecule has 0 saturated carbocycles. The number of rotatable bonds is 8. The van der Waals surface area contributed by atoms with Gasteiger partial charge in [-0.1, -0.05) is 83.1 Å². The van der Waals surface area contributed by atoms with Crippen molar-refractivity contribution in [1.82, 2.24) is 4.98 Å². The van der Waals surface area contributed by atoms with Crippen molar-refractivity contribution in [3.05, 3.63) is 99.1 Å². The van der Waals surface area contributed by atoms with Gasteiger partial charge in [-0.25, -0.2) is 9.78 Å². The minimum absolute atomic E-state index is 0.164. The summed E-state index contributed by atoms with van der Waals surface area (Å²) >= 11 is 7.36. The van der Waals surface area contributed by atoms with Crippen LogP contribution in [0, 0.1) is 17.0 Å². The van der Waals surface area contributed by atoms with Gasteiger partial charge in [-0.05, 0) is 24.6 Å². The first-order valence-corrected chi connectivity index (χ1v) is 11.6. The van der Waals surface area contributed by atoms with Crippen molar-refractivity contribution in [3.63, 3.8) is 0 Å². The first-order chi connectivity index (χ1) is 16.8. The first kappa shape index (κ1) is 24.1. The van der Waals surface area contributed by atoms with Crippen LogP contribution in [0.2, 0.25) is 5.02 Å². The van der Waals surface area contributed by atoms with E-state index in [1.165, 1.54) is 29.5 Å². The second kappa shape index (κ2) is 10.5. The number of nitro groups is 1. The number of aryl methyl sites for hydroxylation is 1. The number of hydrazone groups is 1. The molecule has 0 amide bonds. The Kier molecular flexibility index (Phi) is 7.19. The number of carboxylic acid groups (broad SMARTS) is 1. The maximum atomic E-state index is 11.8. The number of aliphatic carboxylic acids is 1. The quantitative estimate of drug-likeness (QED) is 0.161. The highest BCUT2D eigenvalue weighted by atomic mass is 35.5. The molecule has 0 aliphatic carbocycles. The Bertz CT molecular complexity index is 1350. The van der Waals surface area contributed by atoms with Gasteiger partial charge in [0.05, 0.1) is 15.5 Å². The number of halogens is 1. The second-order valence-corrected chi connectivity index (χ2v) is 9.04. The first-order valence-electron chi connectivity index (χ1n) is 10.4. The molecule has 0 atom stereocenters. The van der Waals surface area contributed by atoms with Crippen LogP contribution in [-0.2, 0) is 11.2 Å². The zero-order valence-electron chi connectivity index (χ0n) is 18.4. The molecule has 8 nitrogen and oxygen atoms in total. The van der Waals surface area contributed by atoms with Crippen LogP contribution in [0.3, 0.4) is 0 Å². The molecular formula is C25H19ClN4O4S. The lowest BCUT2D eigenvalue weighted by atomic mass is 10.1. The molecular weight excluding hydrogens is 488 g/mol. The molecule has 1 aromatic heterocycles. The number of nitro benzene ring substituents is 1. The largest absolute Gasteiger partial charge is 0.477 e.